The van der Waals surface area contributed by atoms with Gasteiger partial charge in [0.1, 0.15) is 11.5 Å². The Morgan fingerprint density at radius 1 is 1.17 bits per heavy atom. The van der Waals surface area contributed by atoms with Crippen LogP contribution in [-0.4, -0.2) is 25.2 Å². The van der Waals surface area contributed by atoms with E-state index in [9.17, 15) is 10.0 Å². The van der Waals surface area contributed by atoms with E-state index in [4.69, 9.17) is 14.7 Å². The number of rotatable bonds is 4. The largest absolute Gasteiger partial charge is 0.595 e. The van der Waals surface area contributed by atoms with Crippen molar-refractivity contribution in [1.82, 2.24) is 0 Å². The van der Waals surface area contributed by atoms with Crippen LogP contribution in [0.5, 0.6) is 11.5 Å². The van der Waals surface area contributed by atoms with Crippen molar-refractivity contribution < 1.29 is 24.7 Å². The average Bonchev–Trinajstić information content (AvgIpc) is 2.91. The normalized spacial score (nSPS) is 16.2. The molecule has 1 aliphatic rings. The van der Waals surface area contributed by atoms with Gasteiger partial charge in [0.15, 0.2) is 11.5 Å². The first-order chi connectivity index (χ1) is 11.5. The van der Waals surface area contributed by atoms with Gasteiger partial charge in [-0.2, -0.15) is 5.23 Å². The summed E-state index contributed by atoms with van der Waals surface area (Å²) in [6.07, 6.45) is 2.14. The highest BCUT2D eigenvalue weighted by molar-refractivity contribution is 6.17. The summed E-state index contributed by atoms with van der Waals surface area (Å²) in [5.41, 5.74) is 2.74. The molecule has 0 heterocycles. The molecule has 0 saturated heterocycles. The van der Waals surface area contributed by atoms with Gasteiger partial charge in [-0.1, -0.05) is 12.1 Å². The van der Waals surface area contributed by atoms with Gasteiger partial charge in [0.05, 0.1) is 19.8 Å². The van der Waals surface area contributed by atoms with Crippen LogP contribution in [0.2, 0.25) is 0 Å². The maximum Gasteiger partial charge on any atom is 0.193 e. The molecule has 0 radical (unpaired) electrons. The lowest BCUT2D eigenvalue weighted by Crippen LogP contribution is -2.99. The third-order valence-electron chi connectivity index (χ3n) is 4.03. The first kappa shape index (κ1) is 16.2. The van der Waals surface area contributed by atoms with E-state index in [0.717, 1.165) is 5.56 Å². The summed E-state index contributed by atoms with van der Waals surface area (Å²) in [5, 5.41) is 19.2. The van der Waals surface area contributed by atoms with Crippen LogP contribution in [-0.2, 0) is 6.42 Å². The van der Waals surface area contributed by atoms with Crippen molar-refractivity contribution in [3.63, 3.8) is 0 Å². The number of carbonyl (C=O) groups is 1. The molecular formula is C18H17NO5. The Labute approximate surface area is 139 Å². The van der Waals surface area contributed by atoms with E-state index in [1.165, 1.54) is 13.2 Å². The highest BCUT2D eigenvalue weighted by atomic mass is 16.8. The Balaban J connectivity index is 2.03. The topological polar surface area (TPSA) is 83.3 Å². The van der Waals surface area contributed by atoms with Gasteiger partial charge in [-0.15, -0.1) is 0 Å². The quantitative estimate of drug-likeness (QED) is 0.662. The molecule has 2 N–H and O–H groups in total. The van der Waals surface area contributed by atoms with E-state index in [0.29, 0.717) is 34.6 Å². The van der Waals surface area contributed by atoms with Gasteiger partial charge in [-0.25, -0.2) is 5.21 Å². The standard InChI is InChI=1S/C18H17NO5/c1-23-15-6-7-16(24-2)17-14(15)10-12(18(17)20)8-11-4-3-5-13(9-11)19(21)22/h3-9,19,21H,10H2,1-2H3. The molecule has 0 fully saturated rings. The van der Waals surface area contributed by atoms with Gasteiger partial charge in [0, 0.05) is 29.7 Å². The Bertz CT molecular complexity index is 826. The smallest absolute Gasteiger partial charge is 0.193 e. The van der Waals surface area contributed by atoms with Gasteiger partial charge < -0.3 is 14.7 Å². The lowest BCUT2D eigenvalue weighted by atomic mass is 10.1. The van der Waals surface area contributed by atoms with Crippen LogP contribution in [0.25, 0.3) is 6.08 Å². The second-order valence-corrected chi connectivity index (χ2v) is 5.43. The van der Waals surface area contributed by atoms with E-state index in [-0.39, 0.29) is 11.5 Å². The summed E-state index contributed by atoms with van der Waals surface area (Å²) in [4.78, 5) is 12.7. The van der Waals surface area contributed by atoms with Gasteiger partial charge in [-0.05, 0) is 23.8 Å². The van der Waals surface area contributed by atoms with Crippen molar-refractivity contribution in [2.45, 2.75) is 6.42 Å². The van der Waals surface area contributed by atoms with E-state index in [1.54, 1.807) is 43.5 Å². The van der Waals surface area contributed by atoms with Crippen LogP contribution >= 0.6 is 0 Å². The lowest BCUT2D eigenvalue weighted by molar-refractivity contribution is -0.991. The first-order valence-corrected chi connectivity index (χ1v) is 7.37. The maximum atomic E-state index is 12.7. The van der Waals surface area contributed by atoms with E-state index in [2.05, 4.69) is 0 Å². The predicted molar refractivity (Wildman–Crippen MR) is 87.8 cm³/mol. The maximum absolute atomic E-state index is 12.7. The predicted octanol–water partition coefficient (Wildman–Crippen LogP) is 1.93. The van der Waals surface area contributed by atoms with Gasteiger partial charge >= 0.3 is 0 Å². The molecule has 6 nitrogen and oxygen atoms in total. The summed E-state index contributed by atoms with van der Waals surface area (Å²) in [6.45, 7) is 0. The van der Waals surface area contributed by atoms with Gasteiger partial charge in [0.25, 0.3) is 0 Å². The fraction of sp³-hybridized carbons (Fsp3) is 0.167. The third-order valence-corrected chi connectivity index (χ3v) is 4.03. The molecule has 0 spiro atoms. The molecule has 6 heteroatoms. The molecule has 0 saturated carbocycles. The van der Waals surface area contributed by atoms with Crippen molar-refractivity contribution >= 4 is 17.5 Å². The number of hydrogen-bond acceptors (Lipinski definition) is 5. The van der Waals surface area contributed by atoms with E-state index >= 15 is 0 Å². The molecule has 1 unspecified atom stereocenters. The number of benzene rings is 2. The van der Waals surface area contributed by atoms with Crippen molar-refractivity contribution in [2.24, 2.45) is 0 Å². The van der Waals surface area contributed by atoms with Crippen LogP contribution < -0.4 is 14.7 Å². The molecule has 0 bridgehead atoms. The molecule has 2 aromatic carbocycles. The van der Waals surface area contributed by atoms with Crippen LogP contribution in [0.4, 0.5) is 5.69 Å². The Morgan fingerprint density at radius 3 is 2.54 bits per heavy atom. The van der Waals surface area contributed by atoms with Crippen LogP contribution in [0, 0.1) is 5.21 Å². The Morgan fingerprint density at radius 2 is 1.88 bits per heavy atom. The minimum atomic E-state index is -1.00. The van der Waals surface area contributed by atoms with Crippen LogP contribution in [0.3, 0.4) is 0 Å². The molecule has 0 aromatic heterocycles. The molecule has 3 rings (SSSR count). The van der Waals surface area contributed by atoms with Crippen molar-refractivity contribution in [1.29, 1.82) is 0 Å². The molecule has 1 aliphatic carbocycles. The summed E-state index contributed by atoms with van der Waals surface area (Å²) in [7, 11) is 3.08. The Hall–Kier alpha value is -2.67. The Kier molecular flexibility index (Phi) is 4.35. The van der Waals surface area contributed by atoms with Crippen molar-refractivity contribution in [3.8, 4) is 11.5 Å². The summed E-state index contributed by atoms with van der Waals surface area (Å²) in [6, 6.07) is 9.97. The molecule has 2 aromatic rings. The highest BCUT2D eigenvalue weighted by Crippen LogP contribution is 2.39. The summed E-state index contributed by atoms with van der Waals surface area (Å²) in [5.74, 6) is 1.03. The minimum Gasteiger partial charge on any atom is -0.595 e. The zero-order valence-electron chi connectivity index (χ0n) is 13.3. The highest BCUT2D eigenvalue weighted by Gasteiger charge is 2.31. The monoisotopic (exact) mass is 327 g/mol. The van der Waals surface area contributed by atoms with Crippen molar-refractivity contribution in [3.05, 3.63) is 63.9 Å². The SMILES string of the molecule is COc1ccc(OC)c2c1CC(=Cc1cccc([NH+]([O-])O)c1)C2=O. The molecular weight excluding hydrogens is 310 g/mol. The number of methoxy groups -OCH3 is 2. The minimum absolute atomic E-state index is 0.124. The number of nitrogens with one attached hydrogen (secondary N) is 1. The fourth-order valence-corrected chi connectivity index (χ4v) is 2.90. The number of ether oxygens (including phenoxy) is 2. The number of fused-ring (bicyclic) bond motifs is 1. The van der Waals surface area contributed by atoms with Gasteiger partial charge in [-0.3, -0.25) is 4.79 Å². The number of ketones is 1. The first-order valence-electron chi connectivity index (χ1n) is 7.37. The zero-order chi connectivity index (χ0) is 17.3. The molecule has 0 amide bonds. The second-order valence-electron chi connectivity index (χ2n) is 5.43. The van der Waals surface area contributed by atoms with E-state index in [1.807, 2.05) is 0 Å². The van der Waals surface area contributed by atoms with Gasteiger partial charge in [0.2, 0.25) is 0 Å². The van der Waals surface area contributed by atoms with Crippen LogP contribution in [0.1, 0.15) is 21.5 Å². The zero-order valence-corrected chi connectivity index (χ0v) is 13.3. The summed E-state index contributed by atoms with van der Waals surface area (Å²) >= 11 is 0. The second kappa shape index (κ2) is 6.45. The molecule has 24 heavy (non-hydrogen) atoms. The van der Waals surface area contributed by atoms with E-state index < -0.39 is 5.23 Å². The third kappa shape index (κ3) is 2.78. The number of allylic oxidation sites excluding steroid dienone is 1. The van der Waals surface area contributed by atoms with Crippen molar-refractivity contribution in [2.75, 3.05) is 14.2 Å². The molecule has 1 atom stereocenters. The number of carbonyl (C=O) groups excluding carboxylic acids is 1. The number of Topliss-reactive ketones (excluding diaryl/α,β-unsaturated/α-hetero) is 1. The molecule has 0 aliphatic heterocycles. The summed E-state index contributed by atoms with van der Waals surface area (Å²) < 4.78 is 10.6. The number of quaternary nitrogens is 1. The fourth-order valence-electron chi connectivity index (χ4n) is 2.90. The van der Waals surface area contributed by atoms with Crippen LogP contribution in [0.15, 0.2) is 42.0 Å². The molecule has 124 valence electrons. The average molecular weight is 327 g/mol. The lowest BCUT2D eigenvalue weighted by Gasteiger charge is -2.11. The number of hydrogen-bond donors (Lipinski definition) is 2.